The largest absolute Gasteiger partial charge is 0.370 e. The lowest BCUT2D eigenvalue weighted by atomic mass is 10.2. The number of rotatable bonds is 9. The molecule has 0 aliphatic rings. The molecule has 158 valence electrons. The smallest absolute Gasteiger partial charge is 0.243 e. The third kappa shape index (κ3) is 7.08. The van der Waals surface area contributed by atoms with E-state index in [1.165, 1.54) is 0 Å². The van der Waals surface area contributed by atoms with Gasteiger partial charge in [-0.15, -0.1) is 0 Å². The van der Waals surface area contributed by atoms with Crippen molar-refractivity contribution in [2.45, 2.75) is 13.3 Å². The minimum absolute atomic E-state index is 0.103. The lowest BCUT2D eigenvalue weighted by Gasteiger charge is -2.24. The Morgan fingerprint density at radius 2 is 1.58 bits per heavy atom. The summed E-state index contributed by atoms with van der Waals surface area (Å²) in [6, 6.07) is 24.4. The molecule has 31 heavy (non-hydrogen) atoms. The predicted molar refractivity (Wildman–Crippen MR) is 123 cm³/mol. The van der Waals surface area contributed by atoms with E-state index in [9.17, 15) is 9.59 Å². The van der Waals surface area contributed by atoms with Gasteiger partial charge < -0.3 is 16.0 Å². The van der Waals surface area contributed by atoms with Gasteiger partial charge in [0.2, 0.25) is 11.8 Å². The van der Waals surface area contributed by atoms with Crippen LogP contribution in [0.1, 0.15) is 12.0 Å². The first-order valence-corrected chi connectivity index (χ1v) is 9.96. The molecule has 0 heterocycles. The summed E-state index contributed by atoms with van der Waals surface area (Å²) in [7, 11) is 0. The lowest BCUT2D eigenvalue weighted by Crippen LogP contribution is -2.35. The molecule has 2 amide bonds. The Hall–Kier alpha value is -4.00. The Labute approximate surface area is 181 Å². The number of nitrogens with zero attached hydrogens (tertiary/aromatic N) is 3. The van der Waals surface area contributed by atoms with E-state index in [1.54, 1.807) is 24.3 Å². The van der Waals surface area contributed by atoms with Crippen LogP contribution in [-0.2, 0) is 9.59 Å². The zero-order chi connectivity index (χ0) is 22.1. The topological polar surface area (TPSA) is 100 Å². The monoisotopic (exact) mass is 415 g/mol. The fourth-order valence-corrected chi connectivity index (χ4v) is 2.96. The Morgan fingerprint density at radius 1 is 0.903 bits per heavy atom. The van der Waals surface area contributed by atoms with Gasteiger partial charge in [-0.1, -0.05) is 30.3 Å². The van der Waals surface area contributed by atoms with E-state index < -0.39 is 5.91 Å². The minimum Gasteiger partial charge on any atom is -0.370 e. The van der Waals surface area contributed by atoms with Crippen LogP contribution in [0.3, 0.4) is 0 Å². The number of hydrogen-bond donors (Lipinski definition) is 2. The molecule has 3 aromatic carbocycles. The molecular weight excluding hydrogens is 390 g/mol. The third-order valence-corrected chi connectivity index (χ3v) is 4.52. The number of primary amides is 1. The molecule has 3 rings (SSSR count). The fourth-order valence-electron chi connectivity index (χ4n) is 2.96. The molecule has 0 aliphatic heterocycles. The number of nitrogens with one attached hydrogen (secondary N) is 1. The van der Waals surface area contributed by atoms with Crippen molar-refractivity contribution in [3.63, 3.8) is 0 Å². The second-order valence-corrected chi connectivity index (χ2v) is 7.11. The average Bonchev–Trinajstić information content (AvgIpc) is 2.77. The molecule has 0 spiro atoms. The second-order valence-electron chi connectivity index (χ2n) is 7.11. The van der Waals surface area contributed by atoms with Crippen molar-refractivity contribution in [1.29, 1.82) is 0 Å². The minimum atomic E-state index is -0.404. The van der Waals surface area contributed by atoms with Crippen molar-refractivity contribution in [3.05, 3.63) is 84.4 Å². The molecule has 7 heteroatoms. The second kappa shape index (κ2) is 10.7. The first kappa shape index (κ1) is 21.7. The lowest BCUT2D eigenvalue weighted by molar-refractivity contribution is -0.118. The van der Waals surface area contributed by atoms with Crippen LogP contribution in [0.2, 0.25) is 0 Å². The molecule has 7 nitrogen and oxygen atoms in total. The van der Waals surface area contributed by atoms with Crippen molar-refractivity contribution >= 4 is 34.6 Å². The Morgan fingerprint density at radius 3 is 2.23 bits per heavy atom. The Kier molecular flexibility index (Phi) is 7.48. The first-order chi connectivity index (χ1) is 15.0. The Balaban J connectivity index is 1.62. The van der Waals surface area contributed by atoms with Gasteiger partial charge in [-0.2, -0.15) is 10.2 Å². The van der Waals surface area contributed by atoms with E-state index in [0.29, 0.717) is 17.9 Å². The van der Waals surface area contributed by atoms with Crippen molar-refractivity contribution in [1.82, 2.24) is 0 Å². The van der Waals surface area contributed by atoms with Crippen molar-refractivity contribution in [2.24, 2.45) is 16.0 Å². The summed E-state index contributed by atoms with van der Waals surface area (Å²) in [5.41, 5.74) is 9.35. The van der Waals surface area contributed by atoms with Gasteiger partial charge in [0.15, 0.2) is 0 Å². The summed E-state index contributed by atoms with van der Waals surface area (Å²) < 4.78 is 0. The number of carbonyl (C=O) groups is 2. The van der Waals surface area contributed by atoms with E-state index in [1.807, 2.05) is 66.4 Å². The van der Waals surface area contributed by atoms with Gasteiger partial charge in [0.05, 0.1) is 17.9 Å². The third-order valence-electron chi connectivity index (χ3n) is 4.52. The van der Waals surface area contributed by atoms with E-state index >= 15 is 0 Å². The molecule has 0 aliphatic carbocycles. The molecule has 3 N–H and O–H groups in total. The van der Waals surface area contributed by atoms with Crippen LogP contribution in [0.4, 0.5) is 22.7 Å². The number of anilines is 2. The van der Waals surface area contributed by atoms with Crippen LogP contribution < -0.4 is 16.0 Å². The number of carbonyl (C=O) groups excluding carboxylic acids is 2. The van der Waals surface area contributed by atoms with Crippen LogP contribution >= 0.6 is 0 Å². The van der Waals surface area contributed by atoms with Crippen molar-refractivity contribution in [2.75, 3.05) is 23.3 Å². The van der Waals surface area contributed by atoms with Gasteiger partial charge in [0.1, 0.15) is 0 Å². The number of nitrogens with two attached hydrogens (primary N) is 1. The van der Waals surface area contributed by atoms with Gasteiger partial charge in [0, 0.05) is 24.3 Å². The van der Waals surface area contributed by atoms with E-state index in [4.69, 9.17) is 5.73 Å². The molecule has 0 aromatic heterocycles. The molecule has 0 atom stereocenters. The molecular formula is C24H25N5O2. The summed E-state index contributed by atoms with van der Waals surface area (Å²) in [6.07, 6.45) is 0.169. The number of aryl methyl sites for hydroxylation is 1. The summed E-state index contributed by atoms with van der Waals surface area (Å²) >= 11 is 0. The maximum Gasteiger partial charge on any atom is 0.243 e. The summed E-state index contributed by atoms with van der Waals surface area (Å²) in [5, 5.41) is 11.2. The Bertz CT molecular complexity index is 1050. The van der Waals surface area contributed by atoms with Crippen LogP contribution in [0.15, 0.2) is 89.1 Å². The zero-order valence-electron chi connectivity index (χ0n) is 17.4. The standard InChI is InChI=1S/C24H25N5O2/c1-18-6-5-9-22(16-18)29(15-14-23(25)30)17-24(31)26-19-10-12-21(13-11-19)28-27-20-7-3-2-4-8-20/h2-13,16H,14-15,17H2,1H3,(H2,25,30)(H,26,31). The SMILES string of the molecule is Cc1cccc(N(CCC(N)=O)CC(=O)Nc2ccc(N=Nc3ccccc3)cc2)c1. The first-order valence-electron chi connectivity index (χ1n) is 9.96. The highest BCUT2D eigenvalue weighted by atomic mass is 16.2. The summed E-state index contributed by atoms with van der Waals surface area (Å²) in [5.74, 6) is -0.594. The van der Waals surface area contributed by atoms with Crippen LogP contribution in [0, 0.1) is 6.92 Å². The normalized spacial score (nSPS) is 10.7. The predicted octanol–water partition coefficient (Wildman–Crippen LogP) is 4.73. The number of azo groups is 1. The maximum absolute atomic E-state index is 12.6. The average molecular weight is 415 g/mol. The van der Waals surface area contributed by atoms with Crippen molar-refractivity contribution < 1.29 is 9.59 Å². The van der Waals surface area contributed by atoms with Crippen LogP contribution in [0.5, 0.6) is 0 Å². The maximum atomic E-state index is 12.6. The van der Waals surface area contributed by atoms with Crippen LogP contribution in [-0.4, -0.2) is 24.9 Å². The highest BCUT2D eigenvalue weighted by molar-refractivity contribution is 5.94. The molecule has 0 radical (unpaired) electrons. The molecule has 0 saturated heterocycles. The van der Waals surface area contributed by atoms with Gasteiger partial charge >= 0.3 is 0 Å². The van der Waals surface area contributed by atoms with Gasteiger partial charge in [-0.3, -0.25) is 9.59 Å². The molecule has 0 bridgehead atoms. The molecule has 0 unspecified atom stereocenters. The number of benzene rings is 3. The van der Waals surface area contributed by atoms with Gasteiger partial charge in [-0.05, 0) is 61.0 Å². The molecule has 3 aromatic rings. The van der Waals surface area contributed by atoms with Crippen molar-refractivity contribution in [3.8, 4) is 0 Å². The zero-order valence-corrected chi connectivity index (χ0v) is 17.4. The summed E-state index contributed by atoms with van der Waals surface area (Å²) in [6.45, 7) is 2.45. The van der Waals surface area contributed by atoms with E-state index in [-0.39, 0.29) is 18.9 Å². The van der Waals surface area contributed by atoms with E-state index in [0.717, 1.165) is 16.9 Å². The quantitative estimate of drug-likeness (QED) is 0.494. The van der Waals surface area contributed by atoms with Crippen LogP contribution in [0.25, 0.3) is 0 Å². The fraction of sp³-hybridized carbons (Fsp3) is 0.167. The highest BCUT2D eigenvalue weighted by Gasteiger charge is 2.13. The molecule has 0 saturated carbocycles. The van der Waals surface area contributed by atoms with Gasteiger partial charge in [-0.25, -0.2) is 0 Å². The van der Waals surface area contributed by atoms with Gasteiger partial charge in [0.25, 0.3) is 0 Å². The summed E-state index contributed by atoms with van der Waals surface area (Å²) in [4.78, 5) is 25.7. The molecule has 0 fully saturated rings. The highest BCUT2D eigenvalue weighted by Crippen LogP contribution is 2.21. The number of amides is 2. The number of hydrogen-bond acceptors (Lipinski definition) is 5. The van der Waals surface area contributed by atoms with E-state index in [2.05, 4.69) is 15.5 Å².